The Morgan fingerprint density at radius 2 is 1.77 bits per heavy atom. The van der Waals surface area contributed by atoms with Gasteiger partial charge in [-0.25, -0.2) is 9.78 Å². The molecule has 0 amide bonds. The molecule has 2 aromatic heterocycles. The Balaban J connectivity index is 1.74. The third-order valence-electron chi connectivity index (χ3n) is 3.60. The zero-order valence-electron chi connectivity index (χ0n) is 14.5. The number of methoxy groups -OCH3 is 3. The Kier molecular flexibility index (Phi) is 5.75. The summed E-state index contributed by atoms with van der Waals surface area (Å²) in [7, 11) is 4.49. The number of aromatic nitrogens is 1. The summed E-state index contributed by atoms with van der Waals surface area (Å²) >= 11 is 3.13. The molecular weight excluding hydrogens is 374 g/mol. The van der Waals surface area contributed by atoms with E-state index in [0.29, 0.717) is 22.9 Å². The number of nitrogens with zero attached hydrogens (tertiary/aromatic N) is 1. The molecule has 0 fully saturated rings. The molecular formula is C18H17NO5S2. The quantitative estimate of drug-likeness (QED) is 0.561. The minimum atomic E-state index is -0.520. The van der Waals surface area contributed by atoms with Gasteiger partial charge in [0.2, 0.25) is 0 Å². The van der Waals surface area contributed by atoms with Crippen molar-refractivity contribution in [1.82, 2.24) is 4.98 Å². The van der Waals surface area contributed by atoms with Crippen molar-refractivity contribution < 1.29 is 23.7 Å². The van der Waals surface area contributed by atoms with Crippen molar-refractivity contribution in [3.63, 3.8) is 0 Å². The maximum absolute atomic E-state index is 12.5. The first kappa shape index (κ1) is 18.2. The number of hydrogen-bond donors (Lipinski definition) is 0. The van der Waals surface area contributed by atoms with Gasteiger partial charge in [-0.2, -0.15) is 11.3 Å². The smallest absolute Gasteiger partial charge is 0.342 e. The topological polar surface area (TPSA) is 66.9 Å². The molecule has 6 nitrogen and oxygen atoms in total. The maximum Gasteiger partial charge on any atom is 0.342 e. The first-order valence-electron chi connectivity index (χ1n) is 7.60. The van der Waals surface area contributed by atoms with Crippen molar-refractivity contribution in [2.45, 2.75) is 6.61 Å². The zero-order valence-corrected chi connectivity index (χ0v) is 16.1. The first-order chi connectivity index (χ1) is 12.7. The molecule has 2 heterocycles. The minimum absolute atomic E-state index is 0.0803. The van der Waals surface area contributed by atoms with Crippen molar-refractivity contribution in [2.24, 2.45) is 0 Å². The zero-order chi connectivity index (χ0) is 18.5. The predicted octanol–water partition coefficient (Wildman–Crippen LogP) is 4.25. The highest BCUT2D eigenvalue weighted by Crippen LogP contribution is 2.35. The summed E-state index contributed by atoms with van der Waals surface area (Å²) in [5.41, 5.74) is 2.03. The van der Waals surface area contributed by atoms with Gasteiger partial charge in [0, 0.05) is 28.5 Å². The van der Waals surface area contributed by atoms with E-state index >= 15 is 0 Å². The molecule has 136 valence electrons. The summed E-state index contributed by atoms with van der Waals surface area (Å²) < 4.78 is 21.1. The van der Waals surface area contributed by atoms with Gasteiger partial charge in [-0.1, -0.05) is 0 Å². The summed E-state index contributed by atoms with van der Waals surface area (Å²) in [6.45, 7) is 0.0803. The van der Waals surface area contributed by atoms with Crippen LogP contribution in [0, 0.1) is 0 Å². The second-order valence-corrected chi connectivity index (χ2v) is 6.78. The van der Waals surface area contributed by atoms with E-state index in [1.807, 2.05) is 22.2 Å². The Morgan fingerprint density at radius 1 is 1.04 bits per heavy atom. The van der Waals surface area contributed by atoms with Gasteiger partial charge in [-0.15, -0.1) is 11.3 Å². The Labute approximate surface area is 158 Å². The monoisotopic (exact) mass is 391 g/mol. The van der Waals surface area contributed by atoms with Gasteiger partial charge in [0.25, 0.3) is 0 Å². The van der Waals surface area contributed by atoms with Crippen molar-refractivity contribution in [1.29, 1.82) is 0 Å². The number of hydrogen-bond acceptors (Lipinski definition) is 8. The third-order valence-corrected chi connectivity index (χ3v) is 5.22. The molecule has 0 spiro atoms. The average molecular weight is 391 g/mol. The highest BCUT2D eigenvalue weighted by atomic mass is 32.1. The molecule has 26 heavy (non-hydrogen) atoms. The molecule has 3 aromatic rings. The normalized spacial score (nSPS) is 10.4. The maximum atomic E-state index is 12.5. The molecule has 0 aliphatic heterocycles. The van der Waals surface area contributed by atoms with Crippen molar-refractivity contribution >= 4 is 28.6 Å². The molecule has 0 aliphatic rings. The van der Waals surface area contributed by atoms with E-state index in [2.05, 4.69) is 4.98 Å². The number of benzene rings is 1. The standard InChI is InChI=1S/C18H17NO5S2/c1-21-14-7-16(23-3)15(22-2)6-13(14)18(20)24-8-12-10-26-17(19-12)11-4-5-25-9-11/h4-7,9-10H,8H2,1-3H3. The lowest BCUT2D eigenvalue weighted by molar-refractivity contribution is 0.0464. The lowest BCUT2D eigenvalue weighted by Gasteiger charge is -2.13. The van der Waals surface area contributed by atoms with Gasteiger partial charge < -0.3 is 18.9 Å². The average Bonchev–Trinajstić information content (AvgIpc) is 3.36. The fourth-order valence-corrected chi connectivity index (χ4v) is 3.81. The van der Waals surface area contributed by atoms with Crippen molar-refractivity contribution in [3.05, 3.63) is 45.6 Å². The van der Waals surface area contributed by atoms with E-state index in [-0.39, 0.29) is 12.2 Å². The number of carbonyl (C=O) groups is 1. The summed E-state index contributed by atoms with van der Waals surface area (Å²) in [6, 6.07) is 5.14. The van der Waals surface area contributed by atoms with Crippen LogP contribution in [0.1, 0.15) is 16.1 Å². The van der Waals surface area contributed by atoms with Crippen LogP contribution in [0.5, 0.6) is 17.2 Å². The number of thiophene rings is 1. The number of ether oxygens (including phenoxy) is 4. The molecule has 0 bridgehead atoms. The molecule has 1 aromatic carbocycles. The minimum Gasteiger partial charge on any atom is -0.496 e. The van der Waals surface area contributed by atoms with E-state index in [9.17, 15) is 4.79 Å². The lowest BCUT2D eigenvalue weighted by atomic mass is 10.1. The summed E-state index contributed by atoms with van der Waals surface area (Å²) in [5, 5.41) is 6.82. The van der Waals surface area contributed by atoms with Gasteiger partial charge >= 0.3 is 5.97 Å². The summed E-state index contributed by atoms with van der Waals surface area (Å²) in [4.78, 5) is 17.0. The highest BCUT2D eigenvalue weighted by Gasteiger charge is 2.19. The second kappa shape index (κ2) is 8.20. The largest absolute Gasteiger partial charge is 0.496 e. The number of esters is 1. The Hall–Kier alpha value is -2.58. The van der Waals surface area contributed by atoms with Gasteiger partial charge in [0.1, 0.15) is 22.9 Å². The van der Waals surface area contributed by atoms with Crippen LogP contribution in [0.4, 0.5) is 0 Å². The van der Waals surface area contributed by atoms with Crippen LogP contribution in [0.25, 0.3) is 10.6 Å². The van der Waals surface area contributed by atoms with E-state index in [1.54, 1.807) is 17.4 Å². The molecule has 3 rings (SSSR count). The van der Waals surface area contributed by atoms with Gasteiger partial charge in [0.15, 0.2) is 11.5 Å². The van der Waals surface area contributed by atoms with E-state index in [4.69, 9.17) is 18.9 Å². The molecule has 0 aliphatic carbocycles. The van der Waals surface area contributed by atoms with E-state index in [1.165, 1.54) is 38.7 Å². The van der Waals surface area contributed by atoms with Crippen LogP contribution in [0.15, 0.2) is 34.3 Å². The Bertz CT molecular complexity index is 889. The molecule has 8 heteroatoms. The number of carbonyl (C=O) groups excluding carboxylic acids is 1. The lowest BCUT2D eigenvalue weighted by Crippen LogP contribution is -2.08. The van der Waals surface area contributed by atoms with Crippen molar-refractivity contribution in [3.8, 4) is 27.8 Å². The molecule has 0 atom stereocenters. The fraction of sp³-hybridized carbons (Fsp3) is 0.222. The van der Waals surface area contributed by atoms with Crippen LogP contribution >= 0.6 is 22.7 Å². The number of thiazole rings is 1. The fourth-order valence-electron chi connectivity index (χ4n) is 2.30. The van der Waals surface area contributed by atoms with Gasteiger partial charge in [0.05, 0.1) is 27.0 Å². The predicted molar refractivity (Wildman–Crippen MR) is 101 cm³/mol. The highest BCUT2D eigenvalue weighted by molar-refractivity contribution is 7.14. The summed E-state index contributed by atoms with van der Waals surface area (Å²) in [5.74, 6) is 0.729. The third kappa shape index (κ3) is 3.81. The molecule has 0 saturated heterocycles. The number of rotatable bonds is 7. The van der Waals surface area contributed by atoms with Crippen LogP contribution in [0.3, 0.4) is 0 Å². The van der Waals surface area contributed by atoms with Gasteiger partial charge in [-0.3, -0.25) is 0 Å². The first-order valence-corrected chi connectivity index (χ1v) is 9.42. The molecule has 0 N–H and O–H groups in total. The van der Waals surface area contributed by atoms with Gasteiger partial charge in [-0.05, 0) is 11.4 Å². The SMILES string of the molecule is COc1cc(OC)c(C(=O)OCc2csc(-c3ccsc3)n2)cc1OC. The molecule has 0 saturated carbocycles. The molecule has 0 unspecified atom stereocenters. The van der Waals surface area contributed by atoms with Crippen LogP contribution in [-0.4, -0.2) is 32.3 Å². The molecule has 0 radical (unpaired) electrons. The Morgan fingerprint density at radius 3 is 2.42 bits per heavy atom. The summed E-state index contributed by atoms with van der Waals surface area (Å²) in [6.07, 6.45) is 0. The van der Waals surface area contributed by atoms with Crippen LogP contribution in [-0.2, 0) is 11.3 Å². The van der Waals surface area contributed by atoms with Crippen LogP contribution < -0.4 is 14.2 Å². The van der Waals surface area contributed by atoms with E-state index in [0.717, 1.165) is 10.6 Å². The second-order valence-electron chi connectivity index (χ2n) is 5.14. The van der Waals surface area contributed by atoms with Crippen LogP contribution in [0.2, 0.25) is 0 Å². The van der Waals surface area contributed by atoms with Crippen molar-refractivity contribution in [2.75, 3.05) is 21.3 Å². The van der Waals surface area contributed by atoms with E-state index < -0.39 is 5.97 Å².